The second-order valence-electron chi connectivity index (χ2n) is 6.93. The van der Waals surface area contributed by atoms with E-state index in [0.29, 0.717) is 24.2 Å². The third-order valence-corrected chi connectivity index (χ3v) is 6.73. The molecule has 4 rings (SSSR count). The lowest BCUT2D eigenvalue weighted by atomic mass is 10.1. The first-order valence-electron chi connectivity index (χ1n) is 8.48. The van der Waals surface area contributed by atoms with E-state index in [1.165, 1.54) is 10.6 Å². The molecule has 0 saturated heterocycles. The molecule has 0 aromatic heterocycles. The maximum atomic E-state index is 13.2. The number of amides is 1. The van der Waals surface area contributed by atoms with Crippen molar-refractivity contribution < 1.29 is 13.2 Å². The number of sulfonamides is 1. The van der Waals surface area contributed by atoms with Gasteiger partial charge in [-0.05, 0) is 67.3 Å². The second-order valence-corrected chi connectivity index (χ2v) is 9.75. The highest BCUT2D eigenvalue weighted by atomic mass is 79.9. The monoisotopic (exact) mass is 434 g/mol. The minimum Gasteiger partial charge on any atom is -0.305 e. The van der Waals surface area contributed by atoms with Gasteiger partial charge in [-0.25, -0.2) is 8.42 Å². The number of hydrogen-bond acceptors (Lipinski definition) is 3. The number of carbonyl (C=O) groups is 1. The van der Waals surface area contributed by atoms with Crippen LogP contribution < -0.4 is 9.21 Å². The summed E-state index contributed by atoms with van der Waals surface area (Å²) in [5.74, 6) is -0.0424. The lowest BCUT2D eigenvalue weighted by Crippen LogP contribution is -2.35. The molecule has 2 aliphatic heterocycles. The quantitative estimate of drug-likeness (QED) is 0.727. The highest BCUT2D eigenvalue weighted by Crippen LogP contribution is 2.36. The number of carbonyl (C=O) groups excluding carboxylic acids is 1. The molecule has 136 valence electrons. The SMILES string of the molecule is C[C@@H]1Cc2cc(Br)ccc2N1C(=O)c1ccc2c(c1)CCN2S(C)(=O)=O. The third kappa shape index (κ3) is 2.83. The van der Waals surface area contributed by atoms with Crippen LogP contribution in [0.1, 0.15) is 28.4 Å². The average Bonchev–Trinajstić information content (AvgIpc) is 3.12. The van der Waals surface area contributed by atoms with Gasteiger partial charge in [-0.3, -0.25) is 9.10 Å². The molecular formula is C19H19BrN2O3S. The fourth-order valence-corrected chi connectivity index (χ4v) is 5.26. The van der Waals surface area contributed by atoms with Gasteiger partial charge in [0.15, 0.2) is 0 Å². The summed E-state index contributed by atoms with van der Waals surface area (Å²) in [7, 11) is -3.28. The molecule has 0 aliphatic carbocycles. The summed E-state index contributed by atoms with van der Waals surface area (Å²) >= 11 is 3.48. The van der Waals surface area contributed by atoms with Gasteiger partial charge in [0.05, 0.1) is 11.9 Å². The summed E-state index contributed by atoms with van der Waals surface area (Å²) in [4.78, 5) is 15.0. The van der Waals surface area contributed by atoms with Crippen LogP contribution in [-0.4, -0.2) is 33.2 Å². The van der Waals surface area contributed by atoms with Gasteiger partial charge in [0.25, 0.3) is 5.91 Å². The van der Waals surface area contributed by atoms with Crippen LogP contribution in [0.5, 0.6) is 0 Å². The van der Waals surface area contributed by atoms with E-state index in [2.05, 4.69) is 22.0 Å². The minimum absolute atomic E-state index is 0.0424. The van der Waals surface area contributed by atoms with E-state index in [1.54, 1.807) is 12.1 Å². The first-order chi connectivity index (χ1) is 12.3. The van der Waals surface area contributed by atoms with Crippen LogP contribution in [0.25, 0.3) is 0 Å². The topological polar surface area (TPSA) is 57.7 Å². The van der Waals surface area contributed by atoms with Crippen LogP contribution in [-0.2, 0) is 22.9 Å². The van der Waals surface area contributed by atoms with Crippen molar-refractivity contribution in [2.75, 3.05) is 22.0 Å². The van der Waals surface area contributed by atoms with Crippen molar-refractivity contribution >= 4 is 43.2 Å². The Hall–Kier alpha value is -1.86. The Morgan fingerprint density at radius 3 is 2.58 bits per heavy atom. The Balaban J connectivity index is 1.69. The fraction of sp³-hybridized carbons (Fsp3) is 0.316. The fourth-order valence-electron chi connectivity index (χ4n) is 3.90. The van der Waals surface area contributed by atoms with Gasteiger partial charge in [-0.1, -0.05) is 15.9 Å². The highest BCUT2D eigenvalue weighted by Gasteiger charge is 2.33. The Morgan fingerprint density at radius 2 is 1.85 bits per heavy atom. The summed E-state index contributed by atoms with van der Waals surface area (Å²) in [5.41, 5.74) is 4.29. The van der Waals surface area contributed by atoms with E-state index in [-0.39, 0.29) is 11.9 Å². The van der Waals surface area contributed by atoms with E-state index < -0.39 is 10.0 Å². The van der Waals surface area contributed by atoms with Crippen molar-refractivity contribution in [2.24, 2.45) is 0 Å². The summed E-state index contributed by atoms with van der Waals surface area (Å²) in [6, 6.07) is 11.4. The van der Waals surface area contributed by atoms with E-state index in [4.69, 9.17) is 0 Å². The molecule has 26 heavy (non-hydrogen) atoms. The minimum atomic E-state index is -3.28. The number of nitrogens with zero attached hydrogens (tertiary/aromatic N) is 2. The zero-order valence-electron chi connectivity index (χ0n) is 14.6. The number of hydrogen-bond donors (Lipinski definition) is 0. The number of rotatable bonds is 2. The van der Waals surface area contributed by atoms with Crippen LogP contribution in [0, 0.1) is 0 Å². The normalized spacial score (nSPS) is 18.8. The summed E-state index contributed by atoms with van der Waals surface area (Å²) < 4.78 is 26.2. The molecule has 7 heteroatoms. The molecule has 2 aliphatic rings. The molecule has 0 unspecified atom stereocenters. The molecule has 2 aromatic rings. The maximum absolute atomic E-state index is 13.2. The number of halogens is 1. The van der Waals surface area contributed by atoms with E-state index >= 15 is 0 Å². The van der Waals surface area contributed by atoms with Crippen molar-refractivity contribution in [3.63, 3.8) is 0 Å². The van der Waals surface area contributed by atoms with Gasteiger partial charge < -0.3 is 4.90 Å². The molecule has 2 heterocycles. The molecule has 0 bridgehead atoms. The van der Waals surface area contributed by atoms with Gasteiger partial charge >= 0.3 is 0 Å². The van der Waals surface area contributed by atoms with Gasteiger partial charge in [0.1, 0.15) is 0 Å². The third-order valence-electron chi connectivity index (χ3n) is 5.06. The van der Waals surface area contributed by atoms with Gasteiger partial charge in [0.2, 0.25) is 10.0 Å². The summed E-state index contributed by atoms with van der Waals surface area (Å²) in [5, 5.41) is 0. The average molecular weight is 435 g/mol. The number of anilines is 2. The highest BCUT2D eigenvalue weighted by molar-refractivity contribution is 9.10. The Labute approximate surface area is 161 Å². The van der Waals surface area contributed by atoms with E-state index in [9.17, 15) is 13.2 Å². The van der Waals surface area contributed by atoms with Crippen LogP contribution in [0.15, 0.2) is 40.9 Å². The largest absolute Gasteiger partial charge is 0.305 e. The zero-order valence-corrected chi connectivity index (χ0v) is 17.0. The smallest absolute Gasteiger partial charge is 0.258 e. The Bertz CT molecular complexity index is 1020. The predicted octanol–water partition coefficient (Wildman–Crippen LogP) is 3.36. The second kappa shape index (κ2) is 6.09. The molecule has 5 nitrogen and oxygen atoms in total. The predicted molar refractivity (Wildman–Crippen MR) is 106 cm³/mol. The first-order valence-corrected chi connectivity index (χ1v) is 11.1. The molecule has 2 aromatic carbocycles. The Kier molecular flexibility index (Phi) is 4.11. The maximum Gasteiger partial charge on any atom is 0.258 e. The van der Waals surface area contributed by atoms with Crippen LogP contribution in [0.2, 0.25) is 0 Å². The zero-order chi connectivity index (χ0) is 18.6. The lowest BCUT2D eigenvalue weighted by Gasteiger charge is -2.23. The molecule has 0 N–H and O–H groups in total. The van der Waals surface area contributed by atoms with Crippen LogP contribution >= 0.6 is 15.9 Å². The van der Waals surface area contributed by atoms with Gasteiger partial charge in [0, 0.05) is 28.3 Å². The van der Waals surface area contributed by atoms with Crippen LogP contribution in [0.3, 0.4) is 0 Å². The van der Waals surface area contributed by atoms with Crippen molar-refractivity contribution in [1.29, 1.82) is 0 Å². The Morgan fingerprint density at radius 1 is 1.12 bits per heavy atom. The summed E-state index contributed by atoms with van der Waals surface area (Å²) in [6.45, 7) is 2.48. The number of fused-ring (bicyclic) bond motifs is 2. The molecule has 0 radical (unpaired) electrons. The molecule has 1 atom stereocenters. The van der Waals surface area contributed by atoms with Crippen molar-refractivity contribution in [3.8, 4) is 0 Å². The van der Waals surface area contributed by atoms with Crippen LogP contribution in [0.4, 0.5) is 11.4 Å². The molecular weight excluding hydrogens is 416 g/mol. The molecule has 1 amide bonds. The molecule has 0 saturated carbocycles. The molecule has 0 fully saturated rings. The van der Waals surface area contributed by atoms with Gasteiger partial charge in [-0.2, -0.15) is 0 Å². The number of benzene rings is 2. The van der Waals surface area contributed by atoms with Gasteiger partial charge in [-0.15, -0.1) is 0 Å². The van der Waals surface area contributed by atoms with E-state index in [1.807, 2.05) is 30.0 Å². The van der Waals surface area contributed by atoms with Crippen molar-refractivity contribution in [1.82, 2.24) is 0 Å². The van der Waals surface area contributed by atoms with Crippen molar-refractivity contribution in [2.45, 2.75) is 25.8 Å². The standard InChI is InChI=1S/C19H19BrN2O3S/c1-12-9-15-11-16(20)4-6-18(15)22(12)19(23)14-3-5-17-13(10-14)7-8-21(17)26(2,24)25/h3-6,10-12H,7-9H2,1-2H3/t12-/m1/s1. The lowest BCUT2D eigenvalue weighted by molar-refractivity contribution is 0.0981. The van der Waals surface area contributed by atoms with Crippen molar-refractivity contribution in [3.05, 3.63) is 57.6 Å². The first kappa shape index (κ1) is 17.5. The molecule has 0 spiro atoms. The van der Waals surface area contributed by atoms with E-state index in [0.717, 1.165) is 27.7 Å². The summed E-state index contributed by atoms with van der Waals surface area (Å²) in [6.07, 6.45) is 2.66.